The van der Waals surface area contributed by atoms with Crippen molar-refractivity contribution in [3.8, 4) is 22.8 Å². The molecule has 0 radical (unpaired) electrons. The third-order valence-electron chi connectivity index (χ3n) is 3.88. The fraction of sp³-hybridized carbons (Fsp3) is 0.250. The summed E-state index contributed by atoms with van der Waals surface area (Å²) in [6.45, 7) is 3.14. The van der Waals surface area contributed by atoms with E-state index >= 15 is 0 Å². The Morgan fingerprint density at radius 3 is 2.35 bits per heavy atom. The van der Waals surface area contributed by atoms with Crippen LogP contribution in [0, 0.1) is 0 Å². The average molecular weight is 370 g/mol. The zero-order valence-electron chi connectivity index (χ0n) is 14.9. The SMILES string of the molecule is CCOc1ccc(N=c2scc(-c3ccc(OC)cc3)n2CCO)cc1. The molecule has 1 aromatic heterocycles. The Morgan fingerprint density at radius 2 is 1.73 bits per heavy atom. The Hall–Kier alpha value is -2.57. The first kappa shape index (κ1) is 18.2. The summed E-state index contributed by atoms with van der Waals surface area (Å²) in [4.78, 5) is 5.57. The van der Waals surface area contributed by atoms with Crippen LogP contribution < -0.4 is 14.3 Å². The summed E-state index contributed by atoms with van der Waals surface area (Å²) < 4.78 is 12.7. The number of nitrogens with zero attached hydrogens (tertiary/aromatic N) is 2. The van der Waals surface area contributed by atoms with E-state index < -0.39 is 0 Å². The summed E-state index contributed by atoms with van der Waals surface area (Å²) >= 11 is 1.55. The molecule has 3 rings (SSSR count). The topological polar surface area (TPSA) is 56.0 Å². The highest BCUT2D eigenvalue weighted by Gasteiger charge is 2.08. The molecule has 0 saturated heterocycles. The van der Waals surface area contributed by atoms with Gasteiger partial charge in [-0.25, -0.2) is 4.99 Å². The number of aliphatic hydroxyl groups is 1. The number of aromatic nitrogens is 1. The Labute approximate surface area is 156 Å². The molecule has 0 atom stereocenters. The van der Waals surface area contributed by atoms with Crippen molar-refractivity contribution in [3.63, 3.8) is 0 Å². The van der Waals surface area contributed by atoms with Gasteiger partial charge in [-0.05, 0) is 61.0 Å². The molecule has 0 bridgehead atoms. The zero-order chi connectivity index (χ0) is 18.4. The maximum atomic E-state index is 9.48. The average Bonchev–Trinajstić information content (AvgIpc) is 3.06. The van der Waals surface area contributed by atoms with Crippen molar-refractivity contribution >= 4 is 17.0 Å². The van der Waals surface area contributed by atoms with Crippen molar-refractivity contribution in [1.82, 2.24) is 4.57 Å². The summed E-state index contributed by atoms with van der Waals surface area (Å²) in [7, 11) is 1.65. The molecule has 136 valence electrons. The molecule has 0 aliphatic carbocycles. The van der Waals surface area contributed by atoms with Gasteiger partial charge in [0.1, 0.15) is 11.5 Å². The van der Waals surface area contributed by atoms with Crippen LogP contribution in [0.1, 0.15) is 6.92 Å². The van der Waals surface area contributed by atoms with E-state index in [-0.39, 0.29) is 6.61 Å². The number of thiazole rings is 1. The third-order valence-corrected chi connectivity index (χ3v) is 4.74. The van der Waals surface area contributed by atoms with Crippen LogP contribution in [0.3, 0.4) is 0 Å². The molecular weight excluding hydrogens is 348 g/mol. The van der Waals surface area contributed by atoms with Crippen LogP contribution in [0.4, 0.5) is 5.69 Å². The van der Waals surface area contributed by atoms with Gasteiger partial charge in [0.25, 0.3) is 0 Å². The van der Waals surface area contributed by atoms with Gasteiger partial charge in [-0.15, -0.1) is 11.3 Å². The Bertz CT molecular complexity index is 896. The zero-order valence-corrected chi connectivity index (χ0v) is 15.7. The number of hydrogen-bond donors (Lipinski definition) is 1. The monoisotopic (exact) mass is 370 g/mol. The second-order valence-corrected chi connectivity index (χ2v) is 6.38. The summed E-state index contributed by atoms with van der Waals surface area (Å²) in [5, 5.41) is 11.5. The minimum atomic E-state index is 0.0519. The molecule has 2 aromatic carbocycles. The maximum absolute atomic E-state index is 9.48. The highest BCUT2D eigenvalue weighted by Crippen LogP contribution is 2.24. The van der Waals surface area contributed by atoms with Gasteiger partial charge in [-0.1, -0.05) is 0 Å². The van der Waals surface area contributed by atoms with Gasteiger partial charge in [0.2, 0.25) is 0 Å². The first-order valence-corrected chi connectivity index (χ1v) is 9.34. The van der Waals surface area contributed by atoms with E-state index in [2.05, 4.69) is 5.38 Å². The van der Waals surface area contributed by atoms with Crippen LogP contribution in [0.2, 0.25) is 0 Å². The van der Waals surface area contributed by atoms with E-state index in [1.807, 2.05) is 60.0 Å². The molecule has 26 heavy (non-hydrogen) atoms. The van der Waals surface area contributed by atoms with Crippen LogP contribution >= 0.6 is 11.3 Å². The summed E-state index contributed by atoms with van der Waals surface area (Å²) in [6, 6.07) is 15.6. The molecule has 0 aliphatic rings. The van der Waals surface area contributed by atoms with Crippen LogP contribution in [0.15, 0.2) is 58.9 Å². The maximum Gasteiger partial charge on any atom is 0.190 e. The highest BCUT2D eigenvalue weighted by molar-refractivity contribution is 7.07. The summed E-state index contributed by atoms with van der Waals surface area (Å²) in [6.07, 6.45) is 0. The molecule has 0 spiro atoms. The third kappa shape index (κ3) is 4.15. The van der Waals surface area contributed by atoms with E-state index in [0.29, 0.717) is 13.2 Å². The standard InChI is InChI=1S/C20H22N2O3S/c1-3-25-18-10-6-16(7-11-18)21-20-22(12-13-23)19(14-26-20)15-4-8-17(24-2)9-5-15/h4-11,14,23H,3,12-13H2,1-2H3. The minimum Gasteiger partial charge on any atom is -0.497 e. The quantitative estimate of drug-likeness (QED) is 0.687. The smallest absolute Gasteiger partial charge is 0.190 e. The summed E-state index contributed by atoms with van der Waals surface area (Å²) in [5.74, 6) is 1.65. The first-order chi connectivity index (χ1) is 12.7. The molecule has 0 unspecified atom stereocenters. The van der Waals surface area contributed by atoms with Gasteiger partial charge in [-0.2, -0.15) is 0 Å². The second-order valence-electron chi connectivity index (χ2n) is 5.55. The number of rotatable bonds is 7. The Morgan fingerprint density at radius 1 is 1.04 bits per heavy atom. The van der Waals surface area contributed by atoms with Gasteiger partial charge < -0.3 is 19.1 Å². The predicted octanol–water partition coefficient (Wildman–Crippen LogP) is 3.85. The predicted molar refractivity (Wildman–Crippen MR) is 104 cm³/mol. The van der Waals surface area contributed by atoms with E-state index in [9.17, 15) is 5.11 Å². The molecule has 0 aliphatic heterocycles. The Balaban J connectivity index is 1.97. The van der Waals surface area contributed by atoms with Gasteiger partial charge in [-0.3, -0.25) is 0 Å². The van der Waals surface area contributed by atoms with Crippen molar-refractivity contribution in [2.45, 2.75) is 13.5 Å². The van der Waals surface area contributed by atoms with Gasteiger partial charge >= 0.3 is 0 Å². The summed E-state index contributed by atoms with van der Waals surface area (Å²) in [5.41, 5.74) is 2.93. The van der Waals surface area contributed by atoms with Crippen LogP contribution in [-0.4, -0.2) is 30.0 Å². The Kier molecular flexibility index (Phi) is 6.09. The fourth-order valence-electron chi connectivity index (χ4n) is 2.62. The van der Waals surface area contributed by atoms with Gasteiger partial charge in [0.05, 0.1) is 31.7 Å². The van der Waals surface area contributed by atoms with E-state index in [0.717, 1.165) is 33.2 Å². The number of methoxy groups -OCH3 is 1. The van der Waals surface area contributed by atoms with Crippen LogP contribution in [-0.2, 0) is 6.54 Å². The van der Waals surface area contributed by atoms with E-state index in [1.54, 1.807) is 18.4 Å². The lowest BCUT2D eigenvalue weighted by Crippen LogP contribution is -2.17. The first-order valence-electron chi connectivity index (χ1n) is 8.46. The molecule has 5 nitrogen and oxygen atoms in total. The molecule has 1 heterocycles. The van der Waals surface area contributed by atoms with Gasteiger partial charge in [0.15, 0.2) is 4.80 Å². The molecule has 1 N–H and O–H groups in total. The lowest BCUT2D eigenvalue weighted by Gasteiger charge is -2.08. The van der Waals surface area contributed by atoms with Crippen molar-refractivity contribution in [3.05, 3.63) is 58.7 Å². The molecule has 0 fully saturated rings. The van der Waals surface area contributed by atoms with E-state index in [1.165, 1.54) is 0 Å². The highest BCUT2D eigenvalue weighted by atomic mass is 32.1. The molecule has 6 heteroatoms. The van der Waals surface area contributed by atoms with Crippen molar-refractivity contribution in [1.29, 1.82) is 0 Å². The van der Waals surface area contributed by atoms with Crippen molar-refractivity contribution in [2.24, 2.45) is 4.99 Å². The molecule has 0 saturated carbocycles. The van der Waals surface area contributed by atoms with Gasteiger partial charge in [0, 0.05) is 11.9 Å². The number of hydrogen-bond acceptors (Lipinski definition) is 5. The second kappa shape index (κ2) is 8.69. The normalized spacial score (nSPS) is 11.6. The molecule has 0 amide bonds. The van der Waals surface area contributed by atoms with Crippen LogP contribution in [0.25, 0.3) is 11.3 Å². The van der Waals surface area contributed by atoms with Crippen LogP contribution in [0.5, 0.6) is 11.5 Å². The van der Waals surface area contributed by atoms with Crippen molar-refractivity contribution < 1.29 is 14.6 Å². The van der Waals surface area contributed by atoms with Crippen molar-refractivity contribution in [2.75, 3.05) is 20.3 Å². The number of aliphatic hydroxyl groups excluding tert-OH is 1. The largest absolute Gasteiger partial charge is 0.497 e. The fourth-order valence-corrected chi connectivity index (χ4v) is 3.58. The molecule has 3 aromatic rings. The lowest BCUT2D eigenvalue weighted by molar-refractivity contribution is 0.275. The van der Waals surface area contributed by atoms with E-state index in [4.69, 9.17) is 14.5 Å². The number of benzene rings is 2. The number of ether oxygens (including phenoxy) is 2. The lowest BCUT2D eigenvalue weighted by atomic mass is 10.1. The minimum absolute atomic E-state index is 0.0519. The molecular formula is C20H22N2O3S.